The summed E-state index contributed by atoms with van der Waals surface area (Å²) in [7, 11) is -1.36. The van der Waals surface area contributed by atoms with Crippen LogP contribution < -0.4 is 15.1 Å². The van der Waals surface area contributed by atoms with Crippen molar-refractivity contribution in [2.75, 3.05) is 7.11 Å². The van der Waals surface area contributed by atoms with E-state index in [1.165, 1.54) is 13.3 Å². The van der Waals surface area contributed by atoms with Crippen molar-refractivity contribution in [1.29, 1.82) is 0 Å². The Balaban J connectivity index is 2.09. The fraction of sp³-hybridized carbons (Fsp3) is 0.304. The lowest BCUT2D eigenvalue weighted by molar-refractivity contribution is 0.138. The van der Waals surface area contributed by atoms with E-state index in [1.807, 2.05) is 36.4 Å². The number of halogens is 2. The van der Waals surface area contributed by atoms with E-state index in [9.17, 15) is 8.78 Å². The molecule has 0 amide bonds. The van der Waals surface area contributed by atoms with E-state index >= 15 is 0 Å². The van der Waals surface area contributed by atoms with Crippen LogP contribution in [0.5, 0.6) is 5.88 Å². The van der Waals surface area contributed by atoms with Gasteiger partial charge in [0.15, 0.2) is 5.82 Å². The molecule has 0 saturated heterocycles. The van der Waals surface area contributed by atoms with E-state index < -0.39 is 20.6 Å². The number of hydrogen-bond acceptors (Lipinski definition) is 4. The average Bonchev–Trinajstić information content (AvgIpc) is 2.74. The molecule has 3 rings (SSSR count). The smallest absolute Gasteiger partial charge is 0.297 e. The zero-order chi connectivity index (χ0) is 21.8. The molecule has 3 aromatic rings. The first kappa shape index (κ1) is 22.1. The van der Waals surface area contributed by atoms with Gasteiger partial charge in [0.1, 0.15) is 0 Å². The van der Waals surface area contributed by atoms with Gasteiger partial charge in [0.25, 0.3) is 14.7 Å². The second-order valence-corrected chi connectivity index (χ2v) is 12.3. The van der Waals surface area contributed by atoms with Crippen LogP contribution in [0.4, 0.5) is 8.78 Å². The van der Waals surface area contributed by atoms with Crippen LogP contribution in [0.1, 0.15) is 38.6 Å². The number of alkyl halides is 2. The molecule has 0 aliphatic rings. The van der Waals surface area contributed by atoms with Crippen molar-refractivity contribution in [1.82, 2.24) is 9.97 Å². The molecule has 0 spiro atoms. The molecule has 1 heterocycles. The third-order valence-electron chi connectivity index (χ3n) is 5.09. The minimum absolute atomic E-state index is 0.109. The minimum Gasteiger partial charge on any atom is -0.481 e. The summed E-state index contributed by atoms with van der Waals surface area (Å²) in [6.45, 7) is 6.67. The zero-order valence-corrected chi connectivity index (χ0v) is 18.6. The summed E-state index contributed by atoms with van der Waals surface area (Å²) in [5, 5.41) is 2.06. The lowest BCUT2D eigenvalue weighted by Gasteiger charge is -2.43. The molecular weight excluding hydrogens is 402 g/mol. The number of hydrogen-bond donors (Lipinski definition) is 0. The van der Waals surface area contributed by atoms with Gasteiger partial charge in [-0.1, -0.05) is 81.4 Å². The Labute approximate surface area is 177 Å². The van der Waals surface area contributed by atoms with Gasteiger partial charge in [0.2, 0.25) is 5.88 Å². The van der Waals surface area contributed by atoms with Crippen LogP contribution in [0, 0.1) is 0 Å². The quantitative estimate of drug-likeness (QED) is 0.520. The molecule has 0 bridgehead atoms. The van der Waals surface area contributed by atoms with Gasteiger partial charge in [-0.05, 0) is 15.4 Å². The normalized spacial score (nSPS) is 12.2. The first-order valence-corrected chi connectivity index (χ1v) is 11.6. The molecule has 0 saturated carbocycles. The lowest BCUT2D eigenvalue weighted by Crippen LogP contribution is -2.66. The maximum atomic E-state index is 13.0. The third-order valence-corrected chi connectivity index (χ3v) is 10.1. The summed E-state index contributed by atoms with van der Waals surface area (Å²) >= 11 is 0. The predicted octanol–water partition coefficient (Wildman–Crippen LogP) is 4.50. The number of methoxy groups -OCH3 is 1. The molecule has 2 aromatic carbocycles. The fourth-order valence-corrected chi connectivity index (χ4v) is 8.26. The average molecular weight is 429 g/mol. The van der Waals surface area contributed by atoms with Gasteiger partial charge in [-0.2, -0.15) is 4.98 Å². The van der Waals surface area contributed by atoms with Crippen molar-refractivity contribution in [3.05, 3.63) is 78.2 Å². The molecule has 0 unspecified atom stereocenters. The molecule has 0 aliphatic heterocycles. The minimum atomic E-state index is -2.76. The first-order chi connectivity index (χ1) is 14.3. The third kappa shape index (κ3) is 4.27. The highest BCUT2D eigenvalue weighted by Gasteiger charge is 2.50. The molecule has 1 aromatic heterocycles. The van der Waals surface area contributed by atoms with Crippen molar-refractivity contribution in [3.8, 4) is 5.88 Å². The van der Waals surface area contributed by atoms with Crippen molar-refractivity contribution in [3.63, 3.8) is 0 Å². The number of rotatable bonds is 7. The van der Waals surface area contributed by atoms with Gasteiger partial charge in [-0.15, -0.1) is 0 Å². The molecule has 4 nitrogen and oxygen atoms in total. The van der Waals surface area contributed by atoms with Gasteiger partial charge >= 0.3 is 0 Å². The van der Waals surface area contributed by atoms with E-state index in [0.29, 0.717) is 5.56 Å². The van der Waals surface area contributed by atoms with E-state index in [1.54, 1.807) is 0 Å². The second kappa shape index (κ2) is 9.02. The van der Waals surface area contributed by atoms with Crippen LogP contribution in [0.25, 0.3) is 0 Å². The summed E-state index contributed by atoms with van der Waals surface area (Å²) in [5.41, 5.74) is 0.537. The molecule has 0 aliphatic carbocycles. The van der Waals surface area contributed by atoms with Gasteiger partial charge in [0, 0.05) is 6.20 Å². The van der Waals surface area contributed by atoms with Crippen LogP contribution in [0.3, 0.4) is 0 Å². The molecular formula is C23H26F2N2O2Si. The highest BCUT2D eigenvalue weighted by Crippen LogP contribution is 2.37. The number of ether oxygens (including phenoxy) is 1. The number of nitrogens with zero attached hydrogens (tertiary/aromatic N) is 2. The van der Waals surface area contributed by atoms with E-state index in [4.69, 9.17) is 9.16 Å². The van der Waals surface area contributed by atoms with Crippen LogP contribution in [0.2, 0.25) is 5.04 Å². The summed E-state index contributed by atoms with van der Waals surface area (Å²) < 4.78 is 38.0. The number of benzene rings is 2. The summed E-state index contributed by atoms with van der Waals surface area (Å²) in [4.78, 5) is 7.64. The molecule has 0 N–H and O–H groups in total. The summed E-state index contributed by atoms with van der Waals surface area (Å²) in [6.07, 6.45) is -1.39. The molecule has 0 fully saturated rings. The molecule has 30 heavy (non-hydrogen) atoms. The van der Waals surface area contributed by atoms with Gasteiger partial charge in [-0.3, -0.25) is 0 Å². The Morgan fingerprint density at radius 2 is 1.47 bits per heavy atom. The van der Waals surface area contributed by atoms with Crippen molar-refractivity contribution in [2.24, 2.45) is 0 Å². The van der Waals surface area contributed by atoms with Gasteiger partial charge in [-0.25, -0.2) is 13.8 Å². The van der Waals surface area contributed by atoms with Crippen molar-refractivity contribution < 1.29 is 17.9 Å². The monoisotopic (exact) mass is 428 g/mol. The van der Waals surface area contributed by atoms with Crippen LogP contribution >= 0.6 is 0 Å². The van der Waals surface area contributed by atoms with E-state index in [0.717, 1.165) is 10.4 Å². The summed E-state index contributed by atoms with van der Waals surface area (Å²) in [5.74, 6) is -0.445. The van der Waals surface area contributed by atoms with Gasteiger partial charge in [0.05, 0.1) is 19.3 Å². The second-order valence-electron chi connectivity index (χ2n) is 8.02. The molecule has 0 radical (unpaired) electrons. The predicted molar refractivity (Wildman–Crippen MR) is 116 cm³/mol. The van der Waals surface area contributed by atoms with Crippen LogP contribution in [-0.4, -0.2) is 25.4 Å². The molecule has 0 atom stereocenters. The topological polar surface area (TPSA) is 44.2 Å². The molecule has 7 heteroatoms. The lowest BCUT2D eigenvalue weighted by atomic mass is 10.2. The molecule has 158 valence electrons. The summed E-state index contributed by atoms with van der Waals surface area (Å²) in [6, 6.07) is 20.4. The largest absolute Gasteiger partial charge is 0.481 e. The maximum absolute atomic E-state index is 13.0. The van der Waals surface area contributed by atoms with E-state index in [2.05, 4.69) is 55.0 Å². The Hall–Kier alpha value is -2.64. The Morgan fingerprint density at radius 3 is 1.90 bits per heavy atom. The number of aromatic nitrogens is 2. The Bertz CT molecular complexity index is 924. The SMILES string of the molecule is COc1nc(C(F)F)ncc1CO[Si](c1ccccc1)(c1ccccc1)C(C)(C)C. The van der Waals surface area contributed by atoms with Crippen LogP contribution in [-0.2, 0) is 11.0 Å². The zero-order valence-electron chi connectivity index (χ0n) is 17.6. The highest BCUT2D eigenvalue weighted by molar-refractivity contribution is 6.99. The van der Waals surface area contributed by atoms with Crippen molar-refractivity contribution in [2.45, 2.75) is 38.8 Å². The van der Waals surface area contributed by atoms with Crippen LogP contribution in [0.15, 0.2) is 66.9 Å². The van der Waals surface area contributed by atoms with Gasteiger partial charge < -0.3 is 9.16 Å². The first-order valence-electron chi connectivity index (χ1n) is 9.72. The Kier molecular flexibility index (Phi) is 6.63. The fourth-order valence-electron chi connectivity index (χ4n) is 3.73. The van der Waals surface area contributed by atoms with Crippen molar-refractivity contribution >= 4 is 18.7 Å². The maximum Gasteiger partial charge on any atom is 0.297 e. The van der Waals surface area contributed by atoms with E-state index in [-0.39, 0.29) is 17.5 Å². The Morgan fingerprint density at radius 1 is 0.933 bits per heavy atom. The highest BCUT2D eigenvalue weighted by atomic mass is 28.4. The standard InChI is InChI=1S/C23H26F2N2O2Si/c1-23(2,3)30(18-11-7-5-8-12-18,19-13-9-6-10-14-19)29-16-17-15-26-21(20(24)25)27-22(17)28-4/h5-15,20H,16H2,1-4H3.